The van der Waals surface area contributed by atoms with E-state index in [9.17, 15) is 14.7 Å². The predicted molar refractivity (Wildman–Crippen MR) is 83.7 cm³/mol. The third-order valence-electron chi connectivity index (χ3n) is 3.63. The van der Waals surface area contributed by atoms with E-state index in [0.717, 1.165) is 5.56 Å². The molecule has 124 valence electrons. The number of amides is 2. The Morgan fingerprint density at radius 2 is 2.12 bits per heavy atom. The van der Waals surface area contributed by atoms with Gasteiger partial charge < -0.3 is 19.8 Å². The van der Waals surface area contributed by atoms with Crippen molar-refractivity contribution in [3.63, 3.8) is 0 Å². The molecule has 0 saturated carbocycles. The Hall–Kier alpha value is -3.16. The van der Waals surface area contributed by atoms with Crippen LogP contribution in [-0.2, 0) is 16.0 Å². The fourth-order valence-corrected chi connectivity index (χ4v) is 2.32. The summed E-state index contributed by atoms with van der Waals surface area (Å²) in [5, 5.41) is 16.2. The van der Waals surface area contributed by atoms with Gasteiger partial charge in [-0.2, -0.15) is 4.98 Å². The van der Waals surface area contributed by atoms with E-state index in [1.807, 2.05) is 30.3 Å². The fraction of sp³-hybridized carbons (Fsp3) is 0.250. The highest BCUT2D eigenvalue weighted by atomic mass is 16.5. The van der Waals surface area contributed by atoms with Gasteiger partial charge in [0.2, 0.25) is 11.7 Å². The van der Waals surface area contributed by atoms with E-state index in [1.165, 1.54) is 11.9 Å². The Balaban J connectivity index is 1.55. The molecule has 2 heterocycles. The number of benzene rings is 1. The predicted octanol–water partition coefficient (Wildman–Crippen LogP) is 0.679. The summed E-state index contributed by atoms with van der Waals surface area (Å²) in [6.07, 6.45) is 0.351. The molecule has 0 radical (unpaired) electrons. The zero-order chi connectivity index (χ0) is 17.1. The average Bonchev–Trinajstić information content (AvgIpc) is 3.16. The van der Waals surface area contributed by atoms with Crippen LogP contribution >= 0.6 is 0 Å². The van der Waals surface area contributed by atoms with Gasteiger partial charge in [-0.3, -0.25) is 9.59 Å². The smallest absolute Gasteiger partial charge is 0.289 e. The van der Waals surface area contributed by atoms with E-state index in [2.05, 4.69) is 15.5 Å². The molecule has 1 aromatic carbocycles. The second kappa shape index (κ2) is 6.53. The van der Waals surface area contributed by atoms with Crippen molar-refractivity contribution in [1.29, 1.82) is 0 Å². The van der Waals surface area contributed by atoms with E-state index >= 15 is 0 Å². The van der Waals surface area contributed by atoms with Gasteiger partial charge in [-0.1, -0.05) is 35.5 Å². The van der Waals surface area contributed by atoms with Crippen molar-refractivity contribution < 1.29 is 19.2 Å². The molecule has 0 fully saturated rings. The highest BCUT2D eigenvalue weighted by Gasteiger charge is 2.31. The van der Waals surface area contributed by atoms with E-state index in [4.69, 9.17) is 4.52 Å². The fourth-order valence-electron chi connectivity index (χ4n) is 2.32. The quantitative estimate of drug-likeness (QED) is 0.835. The summed E-state index contributed by atoms with van der Waals surface area (Å²) in [6, 6.07) is 9.41. The molecule has 2 aromatic rings. The molecule has 2 N–H and O–H groups in total. The number of likely N-dealkylation sites (N-methyl/N-ethyl adjacent to an activating group) is 1. The summed E-state index contributed by atoms with van der Waals surface area (Å²) in [7, 11) is 1.52. The number of carbonyl (C=O) groups excluding carboxylic acids is 2. The van der Waals surface area contributed by atoms with Crippen LogP contribution in [0.3, 0.4) is 0 Å². The number of aliphatic hydroxyl groups is 1. The van der Waals surface area contributed by atoms with Crippen molar-refractivity contribution in [2.24, 2.45) is 0 Å². The maximum absolute atomic E-state index is 12.0. The number of hydrogen-bond acceptors (Lipinski definition) is 6. The molecule has 1 aromatic heterocycles. The van der Waals surface area contributed by atoms with Gasteiger partial charge in [-0.05, 0) is 0 Å². The van der Waals surface area contributed by atoms with Crippen molar-refractivity contribution in [2.45, 2.75) is 6.42 Å². The summed E-state index contributed by atoms with van der Waals surface area (Å²) in [5.74, 6) is -0.649. The molecule has 8 heteroatoms. The lowest BCUT2D eigenvalue weighted by atomic mass is 10.2. The highest BCUT2D eigenvalue weighted by molar-refractivity contribution is 6.06. The number of nitrogens with one attached hydrogen (secondary N) is 1. The van der Waals surface area contributed by atoms with Gasteiger partial charge in [0.05, 0.1) is 12.1 Å². The van der Waals surface area contributed by atoms with Gasteiger partial charge in [0.15, 0.2) is 5.76 Å². The monoisotopic (exact) mass is 328 g/mol. The van der Waals surface area contributed by atoms with Gasteiger partial charge in [0, 0.05) is 25.6 Å². The van der Waals surface area contributed by atoms with Crippen LogP contribution in [0.5, 0.6) is 0 Å². The molecule has 24 heavy (non-hydrogen) atoms. The summed E-state index contributed by atoms with van der Waals surface area (Å²) >= 11 is 0. The second-order valence-corrected chi connectivity index (χ2v) is 5.37. The Labute approximate surface area is 137 Å². The number of hydrogen-bond donors (Lipinski definition) is 2. The zero-order valence-electron chi connectivity index (χ0n) is 13.0. The van der Waals surface area contributed by atoms with Crippen molar-refractivity contribution in [3.05, 3.63) is 47.6 Å². The minimum atomic E-state index is -0.551. The lowest BCUT2D eigenvalue weighted by Crippen LogP contribution is -2.29. The van der Waals surface area contributed by atoms with Gasteiger partial charge >= 0.3 is 0 Å². The van der Waals surface area contributed by atoms with Gasteiger partial charge in [0.1, 0.15) is 0 Å². The molecule has 0 aliphatic carbocycles. The first-order valence-electron chi connectivity index (χ1n) is 7.40. The second-order valence-electron chi connectivity index (χ2n) is 5.37. The first-order chi connectivity index (χ1) is 11.6. The van der Waals surface area contributed by atoms with Crippen LogP contribution in [0.4, 0.5) is 0 Å². The molecule has 0 unspecified atom stereocenters. The first kappa shape index (κ1) is 15.7. The first-order valence-corrected chi connectivity index (χ1v) is 7.40. The lowest BCUT2D eigenvalue weighted by molar-refractivity contribution is -0.126. The van der Waals surface area contributed by atoms with Crippen molar-refractivity contribution in [3.8, 4) is 11.4 Å². The van der Waals surface area contributed by atoms with Crippen LogP contribution in [0.25, 0.3) is 11.4 Å². The summed E-state index contributed by atoms with van der Waals surface area (Å²) in [5.41, 5.74) is 0.914. The van der Waals surface area contributed by atoms with Crippen molar-refractivity contribution in [2.75, 3.05) is 20.1 Å². The van der Waals surface area contributed by atoms with Gasteiger partial charge in [0.25, 0.3) is 11.8 Å². The van der Waals surface area contributed by atoms with Crippen LogP contribution in [-0.4, -0.2) is 52.1 Å². The van der Waals surface area contributed by atoms with E-state index < -0.39 is 17.6 Å². The molecule has 0 atom stereocenters. The number of aromatic nitrogens is 2. The molecule has 8 nitrogen and oxygen atoms in total. The van der Waals surface area contributed by atoms with Crippen LogP contribution in [0.15, 0.2) is 46.2 Å². The van der Waals surface area contributed by atoms with Crippen LogP contribution in [0, 0.1) is 0 Å². The van der Waals surface area contributed by atoms with Crippen LogP contribution in [0.1, 0.15) is 5.89 Å². The molecule has 3 rings (SSSR count). The lowest BCUT2D eigenvalue weighted by Gasteiger charge is -2.07. The van der Waals surface area contributed by atoms with E-state index in [0.29, 0.717) is 18.1 Å². The topological polar surface area (TPSA) is 109 Å². The number of nitrogens with zero attached hydrogens (tertiary/aromatic N) is 3. The van der Waals surface area contributed by atoms with E-state index in [1.54, 1.807) is 0 Å². The highest BCUT2D eigenvalue weighted by Crippen LogP contribution is 2.16. The Morgan fingerprint density at radius 3 is 2.79 bits per heavy atom. The number of aliphatic hydroxyl groups excluding tert-OH is 1. The Morgan fingerprint density at radius 1 is 1.38 bits per heavy atom. The maximum atomic E-state index is 12.0. The minimum absolute atomic E-state index is 0.0676. The molecule has 0 spiro atoms. The normalized spacial score (nSPS) is 14.4. The molecular formula is C16H16N4O4. The largest absolute Gasteiger partial charge is 0.503 e. The number of carbonyl (C=O) groups is 2. The minimum Gasteiger partial charge on any atom is -0.503 e. The zero-order valence-corrected chi connectivity index (χ0v) is 13.0. The van der Waals surface area contributed by atoms with Crippen LogP contribution in [0.2, 0.25) is 0 Å². The maximum Gasteiger partial charge on any atom is 0.289 e. The molecule has 1 aliphatic rings. The summed E-state index contributed by atoms with van der Waals surface area (Å²) in [4.78, 5) is 29.0. The summed E-state index contributed by atoms with van der Waals surface area (Å²) < 4.78 is 5.15. The van der Waals surface area contributed by atoms with E-state index in [-0.39, 0.29) is 18.7 Å². The molecule has 0 saturated heterocycles. The van der Waals surface area contributed by atoms with Crippen molar-refractivity contribution in [1.82, 2.24) is 20.4 Å². The Bertz CT molecular complexity index is 797. The number of rotatable bonds is 5. The third kappa shape index (κ3) is 3.12. The van der Waals surface area contributed by atoms with Gasteiger partial charge in [-0.15, -0.1) is 0 Å². The van der Waals surface area contributed by atoms with Crippen molar-refractivity contribution >= 4 is 11.8 Å². The molecular weight excluding hydrogens is 312 g/mol. The third-order valence-corrected chi connectivity index (χ3v) is 3.63. The standard InChI is InChI=1S/C16H16N4O4/c1-20-9-11(13(21)16(20)23)15(22)17-8-7-12-18-14(19-24-12)10-5-3-2-4-6-10/h2-6,21H,7-9H2,1H3,(H,17,22). The Kier molecular flexibility index (Phi) is 4.28. The summed E-state index contributed by atoms with van der Waals surface area (Å²) in [6.45, 7) is 0.346. The molecule has 0 bridgehead atoms. The SMILES string of the molecule is CN1CC(C(=O)NCCc2nc(-c3ccccc3)no2)=C(O)C1=O. The van der Waals surface area contributed by atoms with Crippen LogP contribution < -0.4 is 5.32 Å². The molecule has 2 amide bonds. The average molecular weight is 328 g/mol. The molecule has 1 aliphatic heterocycles. The van der Waals surface area contributed by atoms with Gasteiger partial charge in [-0.25, -0.2) is 0 Å².